The highest BCUT2D eigenvalue weighted by atomic mass is 79.9. The quantitative estimate of drug-likeness (QED) is 0.605. The molecule has 0 spiro atoms. The minimum Gasteiger partial charge on any atom is -0.249 e. The van der Waals surface area contributed by atoms with Crippen LogP contribution in [-0.4, -0.2) is 4.98 Å². The van der Waals surface area contributed by atoms with Gasteiger partial charge in [-0.15, -0.1) is 0 Å². The van der Waals surface area contributed by atoms with Crippen LogP contribution < -0.4 is 0 Å². The molecule has 0 fully saturated rings. The summed E-state index contributed by atoms with van der Waals surface area (Å²) in [7, 11) is 0. The van der Waals surface area contributed by atoms with Gasteiger partial charge >= 0.3 is 0 Å². The van der Waals surface area contributed by atoms with E-state index in [0.717, 1.165) is 4.60 Å². The Kier molecular flexibility index (Phi) is 5.12. The van der Waals surface area contributed by atoms with Gasteiger partial charge in [0, 0.05) is 6.20 Å². The number of pyridine rings is 1. The minimum atomic E-state index is 0.908. The Balaban J connectivity index is 0.000000461. The zero-order valence-electron chi connectivity index (χ0n) is 7.48. The summed E-state index contributed by atoms with van der Waals surface area (Å²) in [4.78, 5) is 4.06. The zero-order valence-corrected chi connectivity index (χ0v) is 9.07. The third-order valence-electron chi connectivity index (χ3n) is 1.34. The Hall–Kier alpha value is -0.370. The Morgan fingerprint density at radius 2 is 1.73 bits per heavy atom. The van der Waals surface area contributed by atoms with E-state index in [4.69, 9.17) is 0 Å². The molecule has 0 bridgehead atoms. The topological polar surface area (TPSA) is 12.9 Å². The van der Waals surface area contributed by atoms with Gasteiger partial charge in [-0.2, -0.15) is 0 Å². The van der Waals surface area contributed by atoms with E-state index in [1.54, 1.807) is 0 Å². The van der Waals surface area contributed by atoms with Crippen molar-refractivity contribution in [2.45, 2.75) is 27.7 Å². The van der Waals surface area contributed by atoms with E-state index in [0.29, 0.717) is 0 Å². The van der Waals surface area contributed by atoms with Crippen molar-refractivity contribution < 1.29 is 0 Å². The van der Waals surface area contributed by atoms with Crippen LogP contribution in [0, 0.1) is 13.8 Å². The summed E-state index contributed by atoms with van der Waals surface area (Å²) in [5.41, 5.74) is 2.51. The lowest BCUT2D eigenvalue weighted by Crippen LogP contribution is -1.82. The first kappa shape index (κ1) is 10.6. The van der Waals surface area contributed by atoms with Crippen LogP contribution in [0.15, 0.2) is 16.9 Å². The zero-order chi connectivity index (χ0) is 8.85. The first-order chi connectivity index (χ1) is 5.20. The molecule has 0 N–H and O–H groups in total. The van der Waals surface area contributed by atoms with E-state index in [-0.39, 0.29) is 0 Å². The van der Waals surface area contributed by atoms with Crippen LogP contribution in [0.1, 0.15) is 25.0 Å². The summed E-state index contributed by atoms with van der Waals surface area (Å²) >= 11 is 3.29. The Labute approximate surface area is 77.0 Å². The molecule has 0 aliphatic rings. The van der Waals surface area contributed by atoms with Crippen molar-refractivity contribution in [3.8, 4) is 0 Å². The van der Waals surface area contributed by atoms with E-state index < -0.39 is 0 Å². The number of aromatic nitrogens is 1. The molecule has 62 valence electrons. The van der Waals surface area contributed by atoms with Crippen LogP contribution in [-0.2, 0) is 0 Å². The molecular weight excluding hydrogens is 202 g/mol. The molecule has 0 saturated heterocycles. The van der Waals surface area contributed by atoms with E-state index in [9.17, 15) is 0 Å². The molecule has 0 radical (unpaired) electrons. The molecule has 1 aromatic rings. The lowest BCUT2D eigenvalue weighted by Gasteiger charge is -1.96. The van der Waals surface area contributed by atoms with Gasteiger partial charge in [0.05, 0.1) is 0 Å². The second-order valence-electron chi connectivity index (χ2n) is 2.09. The van der Waals surface area contributed by atoms with Crippen LogP contribution in [0.25, 0.3) is 0 Å². The first-order valence-corrected chi connectivity index (χ1v) is 4.58. The summed E-state index contributed by atoms with van der Waals surface area (Å²) in [5.74, 6) is 0. The number of nitrogens with zero attached hydrogens (tertiary/aromatic N) is 1. The second kappa shape index (κ2) is 5.30. The fourth-order valence-electron chi connectivity index (χ4n) is 0.590. The van der Waals surface area contributed by atoms with Gasteiger partial charge in [0.1, 0.15) is 4.60 Å². The largest absolute Gasteiger partial charge is 0.249 e. The molecule has 0 saturated carbocycles. The highest BCUT2D eigenvalue weighted by Crippen LogP contribution is 2.10. The van der Waals surface area contributed by atoms with Crippen molar-refractivity contribution in [3.05, 3.63) is 28.0 Å². The highest BCUT2D eigenvalue weighted by Gasteiger charge is 1.91. The standard InChI is InChI=1S/C7H8BrN.C2H6/c1-5-3-7(8)9-4-6(5)2;1-2/h3-4H,1-2H3;1-2H3. The number of hydrogen-bond donors (Lipinski definition) is 0. The number of rotatable bonds is 0. The average molecular weight is 216 g/mol. The van der Waals surface area contributed by atoms with Crippen LogP contribution in [0.2, 0.25) is 0 Å². The maximum atomic E-state index is 4.06. The van der Waals surface area contributed by atoms with E-state index in [1.807, 2.05) is 26.1 Å². The van der Waals surface area contributed by atoms with Crippen molar-refractivity contribution in [2.75, 3.05) is 0 Å². The molecule has 1 aromatic heterocycles. The van der Waals surface area contributed by atoms with Gasteiger partial charge in [0.2, 0.25) is 0 Å². The summed E-state index contributed by atoms with van der Waals surface area (Å²) in [6.07, 6.45) is 1.86. The fourth-order valence-corrected chi connectivity index (χ4v) is 1.04. The molecular formula is C9H14BrN. The summed E-state index contributed by atoms with van der Waals surface area (Å²) in [6, 6.07) is 2.01. The van der Waals surface area contributed by atoms with Crippen molar-refractivity contribution in [1.29, 1.82) is 0 Å². The van der Waals surface area contributed by atoms with Gasteiger partial charge in [-0.25, -0.2) is 4.98 Å². The predicted octanol–water partition coefficient (Wildman–Crippen LogP) is 3.49. The monoisotopic (exact) mass is 215 g/mol. The van der Waals surface area contributed by atoms with Gasteiger partial charge < -0.3 is 0 Å². The number of aryl methyl sites for hydroxylation is 2. The molecule has 2 heteroatoms. The van der Waals surface area contributed by atoms with Gasteiger partial charge in [0.15, 0.2) is 0 Å². The average Bonchev–Trinajstić information content (AvgIpc) is 2.02. The minimum absolute atomic E-state index is 0.908. The molecule has 0 atom stereocenters. The molecule has 0 unspecified atom stereocenters. The molecule has 0 amide bonds. The Morgan fingerprint density at radius 1 is 1.18 bits per heavy atom. The molecule has 11 heavy (non-hydrogen) atoms. The third-order valence-corrected chi connectivity index (χ3v) is 1.77. The van der Waals surface area contributed by atoms with Gasteiger partial charge in [-0.05, 0) is 47.0 Å². The van der Waals surface area contributed by atoms with E-state index in [1.165, 1.54) is 11.1 Å². The third kappa shape index (κ3) is 3.51. The molecule has 0 aliphatic heterocycles. The Bertz CT molecular complexity index is 221. The van der Waals surface area contributed by atoms with E-state index >= 15 is 0 Å². The maximum absolute atomic E-state index is 4.06. The first-order valence-electron chi connectivity index (χ1n) is 3.79. The van der Waals surface area contributed by atoms with Crippen molar-refractivity contribution in [1.82, 2.24) is 4.98 Å². The number of halogens is 1. The maximum Gasteiger partial charge on any atom is 0.106 e. The Morgan fingerprint density at radius 3 is 2.09 bits per heavy atom. The van der Waals surface area contributed by atoms with Crippen molar-refractivity contribution in [2.24, 2.45) is 0 Å². The molecule has 1 nitrogen and oxygen atoms in total. The van der Waals surface area contributed by atoms with Crippen LogP contribution >= 0.6 is 15.9 Å². The number of hydrogen-bond acceptors (Lipinski definition) is 1. The van der Waals surface area contributed by atoms with Crippen LogP contribution in [0.3, 0.4) is 0 Å². The second-order valence-corrected chi connectivity index (χ2v) is 2.90. The summed E-state index contributed by atoms with van der Waals surface area (Å²) in [6.45, 7) is 8.12. The lowest BCUT2D eigenvalue weighted by atomic mass is 10.2. The van der Waals surface area contributed by atoms with E-state index in [2.05, 4.69) is 34.8 Å². The van der Waals surface area contributed by atoms with Gasteiger partial charge in [-0.1, -0.05) is 13.8 Å². The smallest absolute Gasteiger partial charge is 0.106 e. The van der Waals surface area contributed by atoms with Crippen molar-refractivity contribution in [3.63, 3.8) is 0 Å². The molecule has 1 heterocycles. The normalized spacial score (nSPS) is 8.45. The highest BCUT2D eigenvalue weighted by molar-refractivity contribution is 9.10. The predicted molar refractivity (Wildman–Crippen MR) is 52.8 cm³/mol. The van der Waals surface area contributed by atoms with Crippen molar-refractivity contribution >= 4 is 15.9 Å². The lowest BCUT2D eigenvalue weighted by molar-refractivity contribution is 1.18. The van der Waals surface area contributed by atoms with Crippen LogP contribution in [0.5, 0.6) is 0 Å². The van der Waals surface area contributed by atoms with Crippen LogP contribution in [0.4, 0.5) is 0 Å². The summed E-state index contributed by atoms with van der Waals surface area (Å²) in [5, 5.41) is 0. The molecule has 1 rings (SSSR count). The molecule has 0 aliphatic carbocycles. The van der Waals surface area contributed by atoms with Gasteiger partial charge in [0.25, 0.3) is 0 Å². The molecule has 0 aromatic carbocycles. The van der Waals surface area contributed by atoms with Gasteiger partial charge in [-0.3, -0.25) is 0 Å². The SMILES string of the molecule is CC.Cc1cnc(Br)cc1C. The fraction of sp³-hybridized carbons (Fsp3) is 0.444. The summed E-state index contributed by atoms with van der Waals surface area (Å²) < 4.78 is 0.908.